The van der Waals surface area contributed by atoms with Gasteiger partial charge in [-0.25, -0.2) is 0 Å². The summed E-state index contributed by atoms with van der Waals surface area (Å²) < 4.78 is 0. The maximum atomic E-state index is 11.7. The van der Waals surface area contributed by atoms with E-state index in [1.54, 1.807) is 0 Å². The number of carbonyl (C=O) groups is 1. The quantitative estimate of drug-likeness (QED) is 0.732. The second-order valence-electron chi connectivity index (χ2n) is 4.81. The molecule has 2 aliphatic rings. The summed E-state index contributed by atoms with van der Waals surface area (Å²) in [4.78, 5) is 11.7. The first kappa shape index (κ1) is 9.38. The minimum atomic E-state index is 0.274. The molecule has 2 nitrogen and oxygen atoms in total. The van der Waals surface area contributed by atoms with Gasteiger partial charge in [-0.05, 0) is 24.0 Å². The zero-order valence-electron chi connectivity index (χ0n) is 8.30. The molecule has 2 rings (SSSR count). The Morgan fingerprint density at radius 2 is 2.23 bits per heavy atom. The van der Waals surface area contributed by atoms with Crippen molar-refractivity contribution in [2.75, 3.05) is 11.5 Å². The molecule has 0 bridgehead atoms. The standard InChI is InChI=1S/C10H17NOS/c1-10(2)5-8(10)9(12)11-7-3-4-13-6-7/h7-8H,3-6H2,1-2H3,(H,11,12). The summed E-state index contributed by atoms with van der Waals surface area (Å²) in [6, 6.07) is 0.453. The molecule has 1 N–H and O–H groups in total. The van der Waals surface area contributed by atoms with Crippen LogP contribution in [0.1, 0.15) is 26.7 Å². The maximum Gasteiger partial charge on any atom is 0.223 e. The molecule has 1 aliphatic heterocycles. The Hall–Kier alpha value is -0.180. The first-order chi connectivity index (χ1) is 6.09. The molecule has 0 aromatic carbocycles. The number of amides is 1. The summed E-state index contributed by atoms with van der Waals surface area (Å²) in [6.45, 7) is 4.33. The lowest BCUT2D eigenvalue weighted by molar-refractivity contribution is -0.123. The van der Waals surface area contributed by atoms with Crippen molar-refractivity contribution in [3.05, 3.63) is 0 Å². The van der Waals surface area contributed by atoms with Gasteiger partial charge in [-0.15, -0.1) is 0 Å². The highest BCUT2D eigenvalue weighted by atomic mass is 32.2. The van der Waals surface area contributed by atoms with E-state index in [2.05, 4.69) is 19.2 Å². The summed E-state index contributed by atoms with van der Waals surface area (Å²) >= 11 is 1.94. The van der Waals surface area contributed by atoms with Crippen LogP contribution in [0.3, 0.4) is 0 Å². The summed E-state index contributed by atoms with van der Waals surface area (Å²) in [5.41, 5.74) is 0.274. The second kappa shape index (κ2) is 3.19. The lowest BCUT2D eigenvalue weighted by Crippen LogP contribution is -2.36. The lowest BCUT2D eigenvalue weighted by atomic mass is 10.1. The average molecular weight is 199 g/mol. The largest absolute Gasteiger partial charge is 0.352 e. The van der Waals surface area contributed by atoms with Crippen LogP contribution in [0.2, 0.25) is 0 Å². The third kappa shape index (κ3) is 2.01. The van der Waals surface area contributed by atoms with E-state index in [-0.39, 0.29) is 17.2 Å². The van der Waals surface area contributed by atoms with Crippen LogP contribution in [0, 0.1) is 11.3 Å². The molecule has 2 atom stereocenters. The summed E-state index contributed by atoms with van der Waals surface area (Å²) in [5, 5.41) is 3.14. The topological polar surface area (TPSA) is 29.1 Å². The summed E-state index contributed by atoms with van der Waals surface area (Å²) in [7, 11) is 0. The molecule has 1 amide bonds. The predicted octanol–water partition coefficient (Wildman–Crippen LogP) is 1.65. The van der Waals surface area contributed by atoms with Gasteiger partial charge in [0.05, 0.1) is 0 Å². The normalized spacial score (nSPS) is 35.8. The second-order valence-corrected chi connectivity index (χ2v) is 5.96. The molecular weight excluding hydrogens is 182 g/mol. The molecule has 3 heteroatoms. The van der Waals surface area contributed by atoms with Gasteiger partial charge in [-0.1, -0.05) is 13.8 Å². The molecule has 1 saturated heterocycles. The van der Waals surface area contributed by atoms with Crippen LogP contribution in [0.25, 0.3) is 0 Å². The molecule has 1 aliphatic carbocycles. The Morgan fingerprint density at radius 3 is 2.69 bits per heavy atom. The molecule has 0 spiro atoms. The van der Waals surface area contributed by atoms with Crippen molar-refractivity contribution in [3.8, 4) is 0 Å². The Bertz CT molecular complexity index is 221. The minimum absolute atomic E-state index is 0.274. The van der Waals surface area contributed by atoms with Crippen molar-refractivity contribution in [3.63, 3.8) is 0 Å². The number of rotatable bonds is 2. The Balaban J connectivity index is 1.79. The third-order valence-corrected chi connectivity index (χ3v) is 4.27. The monoisotopic (exact) mass is 199 g/mol. The minimum Gasteiger partial charge on any atom is -0.352 e. The first-order valence-corrected chi connectivity index (χ1v) is 6.13. The highest BCUT2D eigenvalue weighted by molar-refractivity contribution is 7.99. The van der Waals surface area contributed by atoms with Crippen LogP contribution in [0.5, 0.6) is 0 Å². The van der Waals surface area contributed by atoms with Gasteiger partial charge in [-0.3, -0.25) is 4.79 Å². The van der Waals surface area contributed by atoms with Crippen molar-refractivity contribution in [1.29, 1.82) is 0 Å². The molecule has 2 unspecified atom stereocenters. The van der Waals surface area contributed by atoms with E-state index >= 15 is 0 Å². The van der Waals surface area contributed by atoms with Crippen molar-refractivity contribution < 1.29 is 4.79 Å². The van der Waals surface area contributed by atoms with E-state index in [0.717, 1.165) is 18.6 Å². The van der Waals surface area contributed by atoms with Crippen LogP contribution in [-0.4, -0.2) is 23.5 Å². The Morgan fingerprint density at radius 1 is 1.54 bits per heavy atom. The Labute approximate surface area is 83.8 Å². The van der Waals surface area contributed by atoms with Gasteiger partial charge < -0.3 is 5.32 Å². The van der Waals surface area contributed by atoms with Gasteiger partial charge in [0, 0.05) is 17.7 Å². The van der Waals surface area contributed by atoms with Gasteiger partial charge in [0.25, 0.3) is 0 Å². The molecule has 1 saturated carbocycles. The fourth-order valence-electron chi connectivity index (χ4n) is 1.86. The van der Waals surface area contributed by atoms with E-state index in [4.69, 9.17) is 0 Å². The van der Waals surface area contributed by atoms with Gasteiger partial charge in [0.15, 0.2) is 0 Å². The van der Waals surface area contributed by atoms with Crippen LogP contribution in [-0.2, 0) is 4.79 Å². The molecule has 74 valence electrons. The number of nitrogens with one attached hydrogen (secondary N) is 1. The highest BCUT2D eigenvalue weighted by Crippen LogP contribution is 2.51. The van der Waals surface area contributed by atoms with Gasteiger partial charge in [-0.2, -0.15) is 11.8 Å². The summed E-state index contributed by atoms with van der Waals surface area (Å²) in [6.07, 6.45) is 2.22. The van der Waals surface area contributed by atoms with Crippen LogP contribution in [0.15, 0.2) is 0 Å². The molecule has 0 aromatic heterocycles. The zero-order valence-corrected chi connectivity index (χ0v) is 9.12. The van der Waals surface area contributed by atoms with Gasteiger partial charge >= 0.3 is 0 Å². The van der Waals surface area contributed by atoms with Crippen molar-refractivity contribution in [2.24, 2.45) is 11.3 Å². The lowest BCUT2D eigenvalue weighted by Gasteiger charge is -2.11. The number of hydrogen-bond acceptors (Lipinski definition) is 2. The van der Waals surface area contributed by atoms with Crippen LogP contribution >= 0.6 is 11.8 Å². The van der Waals surface area contributed by atoms with Crippen molar-refractivity contribution in [2.45, 2.75) is 32.7 Å². The van der Waals surface area contributed by atoms with E-state index in [9.17, 15) is 4.79 Å². The Kier molecular flexibility index (Phi) is 2.30. The molecule has 13 heavy (non-hydrogen) atoms. The van der Waals surface area contributed by atoms with E-state index in [1.807, 2.05) is 11.8 Å². The van der Waals surface area contributed by atoms with Crippen LogP contribution < -0.4 is 5.32 Å². The van der Waals surface area contributed by atoms with E-state index in [0.29, 0.717) is 6.04 Å². The number of carbonyl (C=O) groups excluding carboxylic acids is 1. The van der Waals surface area contributed by atoms with Gasteiger partial charge in [0.2, 0.25) is 5.91 Å². The zero-order chi connectivity index (χ0) is 9.47. The SMILES string of the molecule is CC1(C)CC1C(=O)NC1CCSC1. The average Bonchev–Trinajstić information content (AvgIpc) is 2.49. The predicted molar refractivity (Wildman–Crippen MR) is 55.8 cm³/mol. The summed E-state index contributed by atoms with van der Waals surface area (Å²) in [5.74, 6) is 2.90. The van der Waals surface area contributed by atoms with Gasteiger partial charge in [0.1, 0.15) is 0 Å². The van der Waals surface area contributed by atoms with Crippen molar-refractivity contribution >= 4 is 17.7 Å². The molecule has 0 radical (unpaired) electrons. The van der Waals surface area contributed by atoms with Crippen LogP contribution in [0.4, 0.5) is 0 Å². The first-order valence-electron chi connectivity index (χ1n) is 4.98. The van der Waals surface area contributed by atoms with E-state index < -0.39 is 0 Å². The maximum absolute atomic E-state index is 11.7. The number of thioether (sulfide) groups is 1. The fourth-order valence-corrected chi connectivity index (χ4v) is 3.02. The molecule has 0 aromatic rings. The van der Waals surface area contributed by atoms with Crippen molar-refractivity contribution in [1.82, 2.24) is 5.32 Å². The molecule has 2 fully saturated rings. The third-order valence-electron chi connectivity index (χ3n) is 3.11. The highest BCUT2D eigenvalue weighted by Gasteiger charge is 2.50. The number of hydrogen-bond donors (Lipinski definition) is 1. The smallest absolute Gasteiger partial charge is 0.223 e. The molecule has 1 heterocycles. The van der Waals surface area contributed by atoms with E-state index in [1.165, 1.54) is 5.75 Å². The fraction of sp³-hybridized carbons (Fsp3) is 0.900. The molecular formula is C10H17NOS.